The largest absolute Gasteiger partial charge is 0.484 e. The number of carbonyl (C=O) groups excluding carboxylic acids is 1. The van der Waals surface area contributed by atoms with Gasteiger partial charge in [0.2, 0.25) is 0 Å². The summed E-state index contributed by atoms with van der Waals surface area (Å²) in [5, 5.41) is 12.3. The molecule has 0 spiro atoms. The SMILES string of the molecule is O=C(COc1ccc(Cl)c(Cl)c1)N[C@H]1CO[C@H](CO)OC1. The van der Waals surface area contributed by atoms with Crippen LogP contribution in [-0.4, -0.2) is 49.8 Å². The topological polar surface area (TPSA) is 77.0 Å². The molecule has 116 valence electrons. The average Bonchev–Trinajstić information content (AvgIpc) is 2.49. The molecule has 0 unspecified atom stereocenters. The quantitative estimate of drug-likeness (QED) is 0.846. The maximum absolute atomic E-state index is 11.7. The van der Waals surface area contributed by atoms with Crippen LogP contribution in [0.4, 0.5) is 0 Å². The van der Waals surface area contributed by atoms with Crippen molar-refractivity contribution < 1.29 is 24.1 Å². The summed E-state index contributed by atoms with van der Waals surface area (Å²) in [5.41, 5.74) is 0. The van der Waals surface area contributed by atoms with Crippen LogP contribution in [0.25, 0.3) is 0 Å². The Kier molecular flexibility index (Phi) is 6.08. The van der Waals surface area contributed by atoms with E-state index in [9.17, 15) is 4.79 Å². The van der Waals surface area contributed by atoms with Crippen molar-refractivity contribution in [2.45, 2.75) is 12.3 Å². The molecule has 1 aromatic rings. The van der Waals surface area contributed by atoms with Crippen molar-refractivity contribution in [2.24, 2.45) is 0 Å². The lowest BCUT2D eigenvalue weighted by molar-refractivity contribution is -0.205. The first-order chi connectivity index (χ1) is 10.1. The second kappa shape index (κ2) is 7.82. The van der Waals surface area contributed by atoms with E-state index in [4.69, 9.17) is 42.5 Å². The highest BCUT2D eigenvalue weighted by atomic mass is 35.5. The number of aliphatic hydroxyl groups is 1. The number of carbonyl (C=O) groups is 1. The number of rotatable bonds is 5. The van der Waals surface area contributed by atoms with Crippen LogP contribution in [0.5, 0.6) is 5.75 Å². The fraction of sp³-hybridized carbons (Fsp3) is 0.462. The second-order valence-corrected chi connectivity index (χ2v) is 5.22. The third-order valence-corrected chi connectivity index (χ3v) is 3.48. The van der Waals surface area contributed by atoms with Gasteiger partial charge in [0.05, 0.1) is 35.9 Å². The Bertz CT molecular complexity index is 491. The van der Waals surface area contributed by atoms with Crippen molar-refractivity contribution >= 4 is 29.1 Å². The minimum Gasteiger partial charge on any atom is -0.484 e. The molecule has 1 amide bonds. The van der Waals surface area contributed by atoms with Crippen LogP contribution >= 0.6 is 23.2 Å². The molecule has 8 heteroatoms. The first kappa shape index (κ1) is 16.3. The van der Waals surface area contributed by atoms with Crippen LogP contribution in [0.2, 0.25) is 10.0 Å². The number of hydrogen-bond donors (Lipinski definition) is 2. The second-order valence-electron chi connectivity index (χ2n) is 4.41. The molecular weight excluding hydrogens is 321 g/mol. The summed E-state index contributed by atoms with van der Waals surface area (Å²) in [7, 11) is 0. The van der Waals surface area contributed by atoms with Crippen LogP contribution in [-0.2, 0) is 14.3 Å². The molecular formula is C13H15Cl2NO5. The van der Waals surface area contributed by atoms with Gasteiger partial charge in [0.15, 0.2) is 12.9 Å². The molecule has 0 atom stereocenters. The Morgan fingerprint density at radius 1 is 1.33 bits per heavy atom. The number of halogens is 2. The summed E-state index contributed by atoms with van der Waals surface area (Å²) in [5.74, 6) is 0.150. The first-order valence-electron chi connectivity index (χ1n) is 6.29. The van der Waals surface area contributed by atoms with Gasteiger partial charge in [-0.15, -0.1) is 0 Å². The lowest BCUT2D eigenvalue weighted by Gasteiger charge is -2.28. The van der Waals surface area contributed by atoms with Crippen molar-refractivity contribution in [3.05, 3.63) is 28.2 Å². The fourth-order valence-electron chi connectivity index (χ4n) is 1.72. The predicted octanol–water partition coefficient (Wildman–Crippen LogP) is 1.22. The van der Waals surface area contributed by atoms with Gasteiger partial charge in [0, 0.05) is 6.07 Å². The first-order valence-corrected chi connectivity index (χ1v) is 7.05. The van der Waals surface area contributed by atoms with Gasteiger partial charge in [-0.25, -0.2) is 0 Å². The van der Waals surface area contributed by atoms with Crippen molar-refractivity contribution in [1.82, 2.24) is 5.32 Å². The molecule has 1 aliphatic rings. The lowest BCUT2D eigenvalue weighted by Crippen LogP contribution is -2.49. The molecule has 1 fully saturated rings. The predicted molar refractivity (Wildman–Crippen MR) is 76.7 cm³/mol. The molecule has 21 heavy (non-hydrogen) atoms. The van der Waals surface area contributed by atoms with E-state index < -0.39 is 6.29 Å². The molecule has 2 N–H and O–H groups in total. The maximum Gasteiger partial charge on any atom is 0.258 e. The Balaban J connectivity index is 1.73. The molecule has 0 aliphatic carbocycles. The molecule has 1 heterocycles. The minimum absolute atomic E-state index is 0.155. The van der Waals surface area contributed by atoms with Crippen LogP contribution in [0.1, 0.15) is 0 Å². The molecule has 1 aliphatic heterocycles. The van der Waals surface area contributed by atoms with E-state index in [0.717, 1.165) is 0 Å². The number of ether oxygens (including phenoxy) is 3. The van der Waals surface area contributed by atoms with Crippen LogP contribution in [0.15, 0.2) is 18.2 Å². The molecule has 1 aromatic carbocycles. The average molecular weight is 336 g/mol. The number of benzene rings is 1. The molecule has 0 bridgehead atoms. The lowest BCUT2D eigenvalue weighted by atomic mass is 10.3. The summed E-state index contributed by atoms with van der Waals surface area (Å²) in [6.07, 6.45) is -0.620. The summed E-state index contributed by atoms with van der Waals surface area (Å²) in [4.78, 5) is 11.7. The van der Waals surface area contributed by atoms with Gasteiger partial charge in [-0.2, -0.15) is 0 Å². The number of hydrogen-bond acceptors (Lipinski definition) is 5. The summed E-state index contributed by atoms with van der Waals surface area (Å²) >= 11 is 11.6. The van der Waals surface area contributed by atoms with E-state index in [0.29, 0.717) is 15.8 Å². The summed E-state index contributed by atoms with van der Waals surface area (Å²) < 4.78 is 15.7. The number of nitrogens with one attached hydrogen (secondary N) is 1. The molecule has 6 nitrogen and oxygen atoms in total. The molecule has 0 aromatic heterocycles. The van der Waals surface area contributed by atoms with E-state index >= 15 is 0 Å². The summed E-state index contributed by atoms with van der Waals surface area (Å²) in [6, 6.07) is 4.49. The van der Waals surface area contributed by atoms with Crippen LogP contribution in [0, 0.1) is 0 Å². The van der Waals surface area contributed by atoms with Gasteiger partial charge in [0.25, 0.3) is 5.91 Å². The van der Waals surface area contributed by atoms with Crippen molar-refractivity contribution in [3.8, 4) is 5.75 Å². The number of amides is 1. The monoisotopic (exact) mass is 335 g/mol. The zero-order valence-corrected chi connectivity index (χ0v) is 12.6. The molecule has 1 saturated heterocycles. The van der Waals surface area contributed by atoms with Gasteiger partial charge in [-0.1, -0.05) is 23.2 Å². The van der Waals surface area contributed by atoms with E-state index in [1.165, 1.54) is 6.07 Å². The smallest absolute Gasteiger partial charge is 0.258 e. The van der Waals surface area contributed by atoms with Gasteiger partial charge in [-0.3, -0.25) is 4.79 Å². The highest BCUT2D eigenvalue weighted by molar-refractivity contribution is 6.42. The Morgan fingerprint density at radius 2 is 2.05 bits per heavy atom. The highest BCUT2D eigenvalue weighted by Crippen LogP contribution is 2.26. The van der Waals surface area contributed by atoms with Crippen molar-refractivity contribution in [1.29, 1.82) is 0 Å². The standard InChI is InChI=1S/C13H15Cl2NO5/c14-10-2-1-9(3-11(10)15)19-7-12(18)16-8-5-20-13(4-17)21-6-8/h1-3,8,13,17H,4-7H2,(H,16,18)/t8-,13-. The van der Waals surface area contributed by atoms with E-state index in [1.54, 1.807) is 12.1 Å². The molecule has 2 rings (SSSR count). The van der Waals surface area contributed by atoms with Crippen molar-refractivity contribution in [3.63, 3.8) is 0 Å². The van der Waals surface area contributed by atoms with Gasteiger partial charge in [-0.05, 0) is 12.1 Å². The third-order valence-electron chi connectivity index (χ3n) is 2.74. The van der Waals surface area contributed by atoms with Gasteiger partial charge >= 0.3 is 0 Å². The highest BCUT2D eigenvalue weighted by Gasteiger charge is 2.22. The van der Waals surface area contributed by atoms with Crippen LogP contribution < -0.4 is 10.1 Å². The van der Waals surface area contributed by atoms with E-state index in [1.807, 2.05) is 0 Å². The normalized spacial score (nSPS) is 21.9. The van der Waals surface area contributed by atoms with Gasteiger partial charge in [0.1, 0.15) is 5.75 Å². The summed E-state index contributed by atoms with van der Waals surface area (Å²) in [6.45, 7) is 0.201. The third kappa shape index (κ3) is 5.01. The van der Waals surface area contributed by atoms with Crippen molar-refractivity contribution in [2.75, 3.05) is 26.4 Å². The molecule has 0 radical (unpaired) electrons. The zero-order valence-electron chi connectivity index (χ0n) is 11.1. The zero-order chi connectivity index (χ0) is 15.2. The van der Waals surface area contributed by atoms with E-state index in [2.05, 4.69) is 5.32 Å². The minimum atomic E-state index is -0.620. The molecule has 0 saturated carbocycles. The van der Waals surface area contributed by atoms with Crippen LogP contribution in [0.3, 0.4) is 0 Å². The Morgan fingerprint density at radius 3 is 2.67 bits per heavy atom. The number of aliphatic hydroxyl groups excluding tert-OH is 1. The Labute approximate surface area is 131 Å². The van der Waals surface area contributed by atoms with Gasteiger partial charge < -0.3 is 24.6 Å². The maximum atomic E-state index is 11.7. The Hall–Kier alpha value is -1.05. The fourth-order valence-corrected chi connectivity index (χ4v) is 2.00. The van der Waals surface area contributed by atoms with E-state index in [-0.39, 0.29) is 38.4 Å².